The van der Waals surface area contributed by atoms with Gasteiger partial charge in [0, 0.05) is 39.8 Å². The summed E-state index contributed by atoms with van der Waals surface area (Å²) in [6.07, 6.45) is 0.616. The van der Waals surface area contributed by atoms with Crippen molar-refractivity contribution in [3.63, 3.8) is 0 Å². The minimum atomic E-state index is 0. The molecule has 1 aliphatic rings. The number of nitrogens with zero attached hydrogens (tertiary/aromatic N) is 2. The van der Waals surface area contributed by atoms with Gasteiger partial charge >= 0.3 is 0 Å². The van der Waals surface area contributed by atoms with Crippen molar-refractivity contribution in [2.75, 3.05) is 39.9 Å². The topological polar surface area (TPSA) is 58.1 Å². The maximum atomic E-state index is 5.81. The van der Waals surface area contributed by atoms with Crippen molar-refractivity contribution >= 4 is 29.9 Å². The maximum Gasteiger partial charge on any atom is 0.191 e. The van der Waals surface area contributed by atoms with Gasteiger partial charge < -0.3 is 20.1 Å². The zero-order valence-corrected chi connectivity index (χ0v) is 19.4. The van der Waals surface area contributed by atoms with Crippen LogP contribution in [0.4, 0.5) is 0 Å². The molecule has 2 unspecified atom stereocenters. The molecule has 1 saturated heterocycles. The molecule has 1 aromatic carbocycles. The summed E-state index contributed by atoms with van der Waals surface area (Å²) in [6, 6.07) is 8.76. The summed E-state index contributed by atoms with van der Waals surface area (Å²) in [4.78, 5) is 7.10. The van der Waals surface area contributed by atoms with Crippen LogP contribution in [0.15, 0.2) is 29.3 Å². The molecule has 6 nitrogen and oxygen atoms in total. The lowest BCUT2D eigenvalue weighted by Crippen LogP contribution is -2.44. The highest BCUT2D eigenvalue weighted by atomic mass is 127. The molecule has 2 atom stereocenters. The lowest BCUT2D eigenvalue weighted by Gasteiger charge is -2.35. The number of aliphatic imine (C=N–C) groups is 1. The lowest BCUT2D eigenvalue weighted by molar-refractivity contribution is -0.0704. The molecular weight excluding hydrogens is 455 g/mol. The number of rotatable bonds is 8. The Morgan fingerprint density at radius 2 is 1.78 bits per heavy atom. The monoisotopic (exact) mass is 490 g/mol. The van der Waals surface area contributed by atoms with E-state index in [9.17, 15) is 0 Å². The molecule has 2 N–H and O–H groups in total. The standard InChI is InChI=1S/C20H34N4O2.HI/c1-5-21-20(22-10-11-25-4)23-12-18-6-8-19(9-7-18)15-24-13-16(2)26-17(3)14-24;/h6-9,16-17H,5,10-15H2,1-4H3,(H2,21,22,23);1H. The first-order valence-corrected chi connectivity index (χ1v) is 9.57. The van der Waals surface area contributed by atoms with E-state index in [-0.39, 0.29) is 24.0 Å². The van der Waals surface area contributed by atoms with Gasteiger partial charge in [0.2, 0.25) is 0 Å². The van der Waals surface area contributed by atoms with Crippen molar-refractivity contribution in [3.05, 3.63) is 35.4 Å². The van der Waals surface area contributed by atoms with Gasteiger partial charge in [-0.3, -0.25) is 4.90 Å². The second-order valence-corrected chi connectivity index (χ2v) is 6.88. The van der Waals surface area contributed by atoms with Crippen molar-refractivity contribution in [2.24, 2.45) is 4.99 Å². The number of nitrogens with one attached hydrogen (secondary N) is 2. The lowest BCUT2D eigenvalue weighted by atomic mass is 10.1. The fraction of sp³-hybridized carbons (Fsp3) is 0.650. The van der Waals surface area contributed by atoms with Gasteiger partial charge in [-0.2, -0.15) is 0 Å². The van der Waals surface area contributed by atoms with E-state index in [1.165, 1.54) is 11.1 Å². The molecule has 154 valence electrons. The highest BCUT2D eigenvalue weighted by molar-refractivity contribution is 14.0. The number of halogens is 1. The number of guanidine groups is 1. The number of hydrogen-bond donors (Lipinski definition) is 2. The zero-order chi connectivity index (χ0) is 18.8. The molecule has 0 amide bonds. The van der Waals surface area contributed by atoms with E-state index in [2.05, 4.69) is 65.6 Å². The van der Waals surface area contributed by atoms with Gasteiger partial charge in [0.15, 0.2) is 5.96 Å². The molecule has 2 rings (SSSR count). The van der Waals surface area contributed by atoms with Crippen LogP contribution in [0.1, 0.15) is 31.9 Å². The van der Waals surface area contributed by atoms with Crippen LogP contribution in [-0.4, -0.2) is 63.0 Å². The van der Waals surface area contributed by atoms with Crippen molar-refractivity contribution in [1.82, 2.24) is 15.5 Å². The third kappa shape index (κ3) is 9.23. The van der Waals surface area contributed by atoms with Gasteiger partial charge in [0.05, 0.1) is 25.4 Å². The Morgan fingerprint density at radius 1 is 1.15 bits per heavy atom. The van der Waals surface area contributed by atoms with Crippen LogP contribution in [0, 0.1) is 0 Å². The molecule has 1 fully saturated rings. The van der Waals surface area contributed by atoms with E-state index in [4.69, 9.17) is 9.47 Å². The summed E-state index contributed by atoms with van der Waals surface area (Å²) in [5.74, 6) is 0.824. The molecule has 27 heavy (non-hydrogen) atoms. The van der Waals surface area contributed by atoms with Gasteiger partial charge in [-0.15, -0.1) is 24.0 Å². The number of benzene rings is 1. The zero-order valence-electron chi connectivity index (χ0n) is 17.0. The minimum absolute atomic E-state index is 0. The minimum Gasteiger partial charge on any atom is -0.383 e. The third-order valence-corrected chi connectivity index (χ3v) is 4.29. The third-order valence-electron chi connectivity index (χ3n) is 4.29. The first kappa shape index (κ1) is 24.1. The van der Waals surface area contributed by atoms with Gasteiger partial charge in [0.25, 0.3) is 0 Å². The van der Waals surface area contributed by atoms with E-state index in [1.54, 1.807) is 7.11 Å². The van der Waals surface area contributed by atoms with Crippen molar-refractivity contribution in [3.8, 4) is 0 Å². The average Bonchev–Trinajstić information content (AvgIpc) is 2.60. The fourth-order valence-electron chi connectivity index (χ4n) is 3.21. The first-order valence-electron chi connectivity index (χ1n) is 9.57. The van der Waals surface area contributed by atoms with Gasteiger partial charge in [0.1, 0.15) is 0 Å². The van der Waals surface area contributed by atoms with Crippen LogP contribution >= 0.6 is 24.0 Å². The number of methoxy groups -OCH3 is 1. The first-order chi connectivity index (χ1) is 12.6. The van der Waals surface area contributed by atoms with Crippen LogP contribution < -0.4 is 10.6 Å². The molecule has 0 bridgehead atoms. The van der Waals surface area contributed by atoms with Crippen molar-refractivity contribution < 1.29 is 9.47 Å². The SMILES string of the molecule is CCNC(=NCc1ccc(CN2CC(C)OC(C)C2)cc1)NCCOC.I. The molecular formula is C20H35IN4O2. The Bertz CT molecular complexity index is 543. The average molecular weight is 490 g/mol. The summed E-state index contributed by atoms with van der Waals surface area (Å²) in [5, 5.41) is 6.51. The van der Waals surface area contributed by atoms with Crippen LogP contribution in [0.25, 0.3) is 0 Å². The number of hydrogen-bond acceptors (Lipinski definition) is 4. The molecule has 7 heteroatoms. The van der Waals surface area contributed by atoms with Gasteiger partial charge in [-0.1, -0.05) is 24.3 Å². The molecule has 0 saturated carbocycles. The smallest absolute Gasteiger partial charge is 0.191 e. The Morgan fingerprint density at radius 3 is 2.37 bits per heavy atom. The van der Waals surface area contributed by atoms with E-state index >= 15 is 0 Å². The maximum absolute atomic E-state index is 5.81. The van der Waals surface area contributed by atoms with E-state index in [1.807, 2.05) is 0 Å². The Hall–Kier alpha value is -0.900. The van der Waals surface area contributed by atoms with Crippen LogP contribution in [-0.2, 0) is 22.6 Å². The summed E-state index contributed by atoms with van der Waals surface area (Å²) >= 11 is 0. The predicted molar refractivity (Wildman–Crippen MR) is 122 cm³/mol. The molecule has 0 spiro atoms. The summed E-state index contributed by atoms with van der Waals surface area (Å²) in [6.45, 7) is 12.2. The highest BCUT2D eigenvalue weighted by Gasteiger charge is 2.21. The summed E-state index contributed by atoms with van der Waals surface area (Å²) in [5.41, 5.74) is 2.55. The van der Waals surface area contributed by atoms with Crippen LogP contribution in [0.3, 0.4) is 0 Å². The Labute approximate surface area is 181 Å². The normalized spacial score (nSPS) is 20.8. The second kappa shape index (κ2) is 13.3. The molecule has 1 heterocycles. The number of ether oxygens (including phenoxy) is 2. The molecule has 0 aromatic heterocycles. The number of morpholine rings is 1. The molecule has 0 aliphatic carbocycles. The van der Waals surface area contributed by atoms with Crippen molar-refractivity contribution in [2.45, 2.75) is 46.1 Å². The molecule has 1 aromatic rings. The van der Waals surface area contributed by atoms with Crippen LogP contribution in [0.5, 0.6) is 0 Å². The summed E-state index contributed by atoms with van der Waals surface area (Å²) in [7, 11) is 1.70. The van der Waals surface area contributed by atoms with Gasteiger partial charge in [-0.25, -0.2) is 4.99 Å². The van der Waals surface area contributed by atoms with Crippen molar-refractivity contribution in [1.29, 1.82) is 0 Å². The van der Waals surface area contributed by atoms with E-state index in [0.29, 0.717) is 25.4 Å². The Balaban J connectivity index is 0.00000364. The van der Waals surface area contributed by atoms with Crippen LogP contribution in [0.2, 0.25) is 0 Å². The largest absolute Gasteiger partial charge is 0.383 e. The van der Waals surface area contributed by atoms with Gasteiger partial charge in [-0.05, 0) is 31.9 Å². The van der Waals surface area contributed by atoms with E-state index < -0.39 is 0 Å². The van der Waals surface area contributed by atoms with E-state index in [0.717, 1.165) is 38.7 Å². The quantitative estimate of drug-likeness (QED) is 0.254. The fourth-order valence-corrected chi connectivity index (χ4v) is 3.21. The molecule has 1 aliphatic heterocycles. The second-order valence-electron chi connectivity index (χ2n) is 6.88. The Kier molecular flexibility index (Phi) is 11.9. The summed E-state index contributed by atoms with van der Waals surface area (Å²) < 4.78 is 10.9. The highest BCUT2D eigenvalue weighted by Crippen LogP contribution is 2.15. The molecule has 0 radical (unpaired) electrons. The predicted octanol–water partition coefficient (Wildman–Crippen LogP) is 2.62.